The van der Waals surface area contributed by atoms with Gasteiger partial charge < -0.3 is 10.4 Å². The summed E-state index contributed by atoms with van der Waals surface area (Å²) in [6.45, 7) is 1.79. The van der Waals surface area contributed by atoms with Crippen LogP contribution < -0.4 is 5.32 Å². The summed E-state index contributed by atoms with van der Waals surface area (Å²) in [5, 5.41) is 11.5. The zero-order valence-electron chi connectivity index (χ0n) is 10.5. The van der Waals surface area contributed by atoms with E-state index in [1.54, 1.807) is 6.92 Å². The number of halogens is 3. The second-order valence-corrected chi connectivity index (χ2v) is 4.97. The minimum absolute atomic E-state index is 0.0397. The molecule has 1 fully saturated rings. The van der Waals surface area contributed by atoms with Crippen molar-refractivity contribution in [3.8, 4) is 0 Å². The summed E-state index contributed by atoms with van der Waals surface area (Å²) in [5.41, 5.74) is 0. The number of carbonyl (C=O) groups excluding carboxylic acids is 1. The Balaban J connectivity index is 2.52. The molecule has 3 atom stereocenters. The Morgan fingerprint density at radius 1 is 1.39 bits per heavy atom. The molecule has 0 aromatic carbocycles. The molecule has 0 heterocycles. The standard InChI is InChI=1S/C12H20F3NO2/c1-8(17)6-7-16-11(18)9-4-2-3-5-10(9)12(13,14)15/h8-10,17H,2-7H2,1H3,(H,16,18). The lowest BCUT2D eigenvalue weighted by Gasteiger charge is -2.32. The van der Waals surface area contributed by atoms with Crippen LogP contribution in [0.2, 0.25) is 0 Å². The molecule has 1 saturated carbocycles. The number of aliphatic hydroxyl groups is 1. The number of carbonyl (C=O) groups is 1. The summed E-state index contributed by atoms with van der Waals surface area (Å²) in [4.78, 5) is 11.7. The fraction of sp³-hybridized carbons (Fsp3) is 0.917. The minimum Gasteiger partial charge on any atom is -0.393 e. The van der Waals surface area contributed by atoms with Gasteiger partial charge in [-0.25, -0.2) is 0 Å². The first kappa shape index (κ1) is 15.3. The molecule has 0 aromatic heterocycles. The molecule has 3 nitrogen and oxygen atoms in total. The number of alkyl halides is 3. The molecule has 3 unspecified atom stereocenters. The van der Waals surface area contributed by atoms with Gasteiger partial charge in [-0.3, -0.25) is 4.79 Å². The van der Waals surface area contributed by atoms with Gasteiger partial charge in [-0.05, 0) is 26.2 Å². The van der Waals surface area contributed by atoms with Crippen LogP contribution in [0.15, 0.2) is 0 Å². The number of hydrogen-bond donors (Lipinski definition) is 2. The van der Waals surface area contributed by atoms with Crippen molar-refractivity contribution in [2.45, 2.75) is 51.3 Å². The van der Waals surface area contributed by atoms with Gasteiger partial charge in [0, 0.05) is 12.5 Å². The highest BCUT2D eigenvalue weighted by Gasteiger charge is 2.47. The van der Waals surface area contributed by atoms with Crippen molar-refractivity contribution in [1.82, 2.24) is 5.32 Å². The van der Waals surface area contributed by atoms with Gasteiger partial charge in [0.1, 0.15) is 0 Å². The molecule has 0 aliphatic heterocycles. The molecule has 1 aliphatic carbocycles. The molecule has 0 aromatic rings. The van der Waals surface area contributed by atoms with Crippen molar-refractivity contribution in [2.75, 3.05) is 6.54 Å². The summed E-state index contributed by atoms with van der Waals surface area (Å²) in [5.74, 6) is -3.01. The Bertz CT molecular complexity index is 279. The van der Waals surface area contributed by atoms with Crippen LogP contribution in [0.4, 0.5) is 13.2 Å². The van der Waals surface area contributed by atoms with Crippen molar-refractivity contribution >= 4 is 5.91 Å². The van der Waals surface area contributed by atoms with E-state index < -0.39 is 30.0 Å². The quantitative estimate of drug-likeness (QED) is 0.820. The molecule has 106 valence electrons. The largest absolute Gasteiger partial charge is 0.393 e. The van der Waals surface area contributed by atoms with Crippen molar-refractivity contribution < 1.29 is 23.1 Å². The molecular formula is C12H20F3NO2. The van der Waals surface area contributed by atoms with E-state index in [-0.39, 0.29) is 13.0 Å². The van der Waals surface area contributed by atoms with Gasteiger partial charge in [0.05, 0.1) is 12.0 Å². The average molecular weight is 267 g/mol. The third-order valence-corrected chi connectivity index (χ3v) is 3.38. The number of nitrogens with one attached hydrogen (secondary N) is 1. The first-order valence-electron chi connectivity index (χ1n) is 6.35. The highest BCUT2D eigenvalue weighted by molar-refractivity contribution is 5.79. The van der Waals surface area contributed by atoms with Gasteiger partial charge in [0.15, 0.2) is 0 Å². The molecule has 0 saturated heterocycles. The number of rotatable bonds is 4. The fourth-order valence-corrected chi connectivity index (χ4v) is 2.37. The van der Waals surface area contributed by atoms with E-state index >= 15 is 0 Å². The van der Waals surface area contributed by atoms with E-state index in [0.29, 0.717) is 25.7 Å². The summed E-state index contributed by atoms with van der Waals surface area (Å²) < 4.78 is 38.3. The Kier molecular flexibility index (Phi) is 5.44. The molecule has 1 aliphatic rings. The lowest BCUT2D eigenvalue weighted by Crippen LogP contribution is -2.43. The Morgan fingerprint density at radius 3 is 2.56 bits per heavy atom. The normalized spacial score (nSPS) is 26.7. The highest BCUT2D eigenvalue weighted by atomic mass is 19.4. The summed E-state index contributed by atoms with van der Waals surface area (Å²) in [6, 6.07) is 0. The van der Waals surface area contributed by atoms with Gasteiger partial charge in [0.2, 0.25) is 5.91 Å². The zero-order valence-corrected chi connectivity index (χ0v) is 10.5. The van der Waals surface area contributed by atoms with Gasteiger partial charge in [-0.2, -0.15) is 13.2 Å². The van der Waals surface area contributed by atoms with Crippen molar-refractivity contribution in [2.24, 2.45) is 11.8 Å². The van der Waals surface area contributed by atoms with Crippen LogP contribution in [-0.4, -0.2) is 29.8 Å². The van der Waals surface area contributed by atoms with Crippen LogP contribution in [0.25, 0.3) is 0 Å². The topological polar surface area (TPSA) is 49.3 Å². The maximum absolute atomic E-state index is 12.8. The van der Waals surface area contributed by atoms with E-state index in [4.69, 9.17) is 5.11 Å². The fourth-order valence-electron chi connectivity index (χ4n) is 2.37. The highest BCUT2D eigenvalue weighted by Crippen LogP contribution is 2.41. The van der Waals surface area contributed by atoms with E-state index in [9.17, 15) is 18.0 Å². The maximum Gasteiger partial charge on any atom is 0.392 e. The predicted molar refractivity (Wildman–Crippen MR) is 60.8 cm³/mol. The van der Waals surface area contributed by atoms with E-state index in [2.05, 4.69) is 5.32 Å². The van der Waals surface area contributed by atoms with Crippen LogP contribution in [0.5, 0.6) is 0 Å². The molecule has 6 heteroatoms. The number of hydrogen-bond acceptors (Lipinski definition) is 2. The number of aliphatic hydroxyl groups excluding tert-OH is 1. The third-order valence-electron chi connectivity index (χ3n) is 3.38. The van der Waals surface area contributed by atoms with E-state index in [1.165, 1.54) is 0 Å². The van der Waals surface area contributed by atoms with E-state index in [0.717, 1.165) is 0 Å². The predicted octanol–water partition coefficient (Wildman–Crippen LogP) is 2.24. The zero-order chi connectivity index (χ0) is 13.8. The lowest BCUT2D eigenvalue weighted by atomic mass is 9.78. The van der Waals surface area contributed by atoms with Crippen LogP contribution in [-0.2, 0) is 4.79 Å². The van der Waals surface area contributed by atoms with Gasteiger partial charge in [-0.1, -0.05) is 12.8 Å². The van der Waals surface area contributed by atoms with Crippen molar-refractivity contribution in [1.29, 1.82) is 0 Å². The van der Waals surface area contributed by atoms with Gasteiger partial charge in [0.25, 0.3) is 0 Å². The summed E-state index contributed by atoms with van der Waals surface area (Å²) >= 11 is 0. The van der Waals surface area contributed by atoms with Crippen LogP contribution in [0.1, 0.15) is 39.0 Å². The lowest BCUT2D eigenvalue weighted by molar-refractivity contribution is -0.198. The first-order valence-corrected chi connectivity index (χ1v) is 6.35. The molecular weight excluding hydrogens is 247 g/mol. The number of amides is 1. The SMILES string of the molecule is CC(O)CCNC(=O)C1CCCCC1C(F)(F)F. The molecule has 0 spiro atoms. The van der Waals surface area contributed by atoms with Gasteiger partial charge in [-0.15, -0.1) is 0 Å². The molecule has 0 bridgehead atoms. The summed E-state index contributed by atoms with van der Waals surface area (Å²) in [7, 11) is 0. The molecule has 2 N–H and O–H groups in total. The van der Waals surface area contributed by atoms with Gasteiger partial charge >= 0.3 is 6.18 Å². The molecule has 0 radical (unpaired) electrons. The Hall–Kier alpha value is -0.780. The average Bonchev–Trinajstić information content (AvgIpc) is 2.27. The summed E-state index contributed by atoms with van der Waals surface area (Å²) in [6.07, 6.45) is -2.97. The second kappa shape index (κ2) is 6.41. The van der Waals surface area contributed by atoms with Crippen LogP contribution in [0.3, 0.4) is 0 Å². The van der Waals surface area contributed by atoms with Crippen LogP contribution >= 0.6 is 0 Å². The Morgan fingerprint density at radius 2 is 2.00 bits per heavy atom. The smallest absolute Gasteiger partial charge is 0.392 e. The monoisotopic (exact) mass is 267 g/mol. The molecule has 1 amide bonds. The molecule has 1 rings (SSSR count). The first-order chi connectivity index (χ1) is 8.32. The van der Waals surface area contributed by atoms with Crippen LogP contribution in [0, 0.1) is 11.8 Å². The molecule has 18 heavy (non-hydrogen) atoms. The van der Waals surface area contributed by atoms with Crippen molar-refractivity contribution in [3.63, 3.8) is 0 Å². The Labute approximate surface area is 105 Å². The minimum atomic E-state index is -4.30. The second-order valence-electron chi connectivity index (χ2n) is 4.97. The van der Waals surface area contributed by atoms with Crippen molar-refractivity contribution in [3.05, 3.63) is 0 Å². The van der Waals surface area contributed by atoms with E-state index in [1.807, 2.05) is 0 Å². The third kappa shape index (κ3) is 4.48. The maximum atomic E-state index is 12.8.